The van der Waals surface area contributed by atoms with Gasteiger partial charge in [0.15, 0.2) is 0 Å². The molecule has 0 aromatic heterocycles. The van der Waals surface area contributed by atoms with Crippen molar-refractivity contribution in [3.8, 4) is 0 Å². The van der Waals surface area contributed by atoms with Crippen molar-refractivity contribution in [2.75, 3.05) is 12.3 Å². The second-order valence-electron chi connectivity index (χ2n) is 7.67. The first-order valence-corrected chi connectivity index (χ1v) is 14.0. The van der Waals surface area contributed by atoms with Gasteiger partial charge in [0.25, 0.3) is 0 Å². The molecule has 0 bridgehead atoms. The van der Waals surface area contributed by atoms with E-state index in [-0.39, 0.29) is 0 Å². The molecule has 0 fully saturated rings. The van der Waals surface area contributed by atoms with Crippen molar-refractivity contribution in [3.63, 3.8) is 0 Å². The molecule has 148 valence electrons. The van der Waals surface area contributed by atoms with Crippen LogP contribution in [-0.2, 0) is 0 Å². The van der Waals surface area contributed by atoms with E-state index >= 15 is 0 Å². The summed E-state index contributed by atoms with van der Waals surface area (Å²) in [6, 6.07) is 0. The average molecular weight is 383 g/mol. The van der Waals surface area contributed by atoms with Gasteiger partial charge < -0.3 is 0 Å². The van der Waals surface area contributed by atoms with Gasteiger partial charge in [-0.15, -0.1) is 0 Å². The summed E-state index contributed by atoms with van der Waals surface area (Å²) in [5.41, 5.74) is 0. The van der Waals surface area contributed by atoms with Gasteiger partial charge in [-0.1, -0.05) is 0 Å². The molecule has 0 atom stereocenters. The zero-order valence-corrected chi connectivity index (χ0v) is 18.1. The van der Waals surface area contributed by atoms with Gasteiger partial charge in [-0.25, -0.2) is 0 Å². The molecule has 2 N–H and O–H groups in total. The molecule has 4 heteroatoms. The minimum atomic E-state index is -3.86. The number of halogens is 1. The molecule has 0 radical (unpaired) electrons. The third-order valence-corrected chi connectivity index (χ3v) is 8.33. The van der Waals surface area contributed by atoms with Gasteiger partial charge >= 0.3 is 156 Å². The molecular formula is C20H44ClO2P. The van der Waals surface area contributed by atoms with Gasteiger partial charge in [0.2, 0.25) is 0 Å². The Bertz CT molecular complexity index is 253. The van der Waals surface area contributed by atoms with E-state index in [4.69, 9.17) is 11.2 Å². The first-order chi connectivity index (χ1) is 11.4. The predicted molar refractivity (Wildman–Crippen MR) is 112 cm³/mol. The van der Waals surface area contributed by atoms with Crippen molar-refractivity contribution in [3.05, 3.63) is 0 Å². The van der Waals surface area contributed by atoms with Gasteiger partial charge in [0.05, 0.1) is 0 Å². The van der Waals surface area contributed by atoms with Crippen molar-refractivity contribution in [1.29, 1.82) is 0 Å². The van der Waals surface area contributed by atoms with Crippen molar-refractivity contribution in [2.24, 2.45) is 0 Å². The van der Waals surface area contributed by atoms with Crippen molar-refractivity contribution in [1.82, 2.24) is 0 Å². The van der Waals surface area contributed by atoms with Crippen LogP contribution in [0.5, 0.6) is 0 Å². The SMILES string of the molecule is CCCCCCCCCCP(O)(O)(Cl)CCCCCCCCCC. The molecular weight excluding hydrogens is 339 g/mol. The summed E-state index contributed by atoms with van der Waals surface area (Å²) in [6.07, 6.45) is 16.3. The van der Waals surface area contributed by atoms with Gasteiger partial charge in [-0.05, 0) is 0 Å². The first-order valence-electron chi connectivity index (χ1n) is 10.6. The van der Waals surface area contributed by atoms with Gasteiger partial charge in [-0.2, -0.15) is 0 Å². The fourth-order valence-electron chi connectivity index (χ4n) is 3.23. The van der Waals surface area contributed by atoms with Crippen LogP contribution in [-0.4, -0.2) is 22.1 Å². The Kier molecular flexibility index (Phi) is 15.2. The van der Waals surface area contributed by atoms with E-state index in [1.165, 1.54) is 77.0 Å². The van der Waals surface area contributed by atoms with Crippen LogP contribution in [0.3, 0.4) is 0 Å². The quantitative estimate of drug-likeness (QED) is 0.187. The zero-order valence-electron chi connectivity index (χ0n) is 16.4. The standard InChI is InChI=1S/C20H44ClO2P/c1-3-5-7-9-11-13-15-17-19-24(21,22,23)20-18-16-14-12-10-8-6-4-2/h22-23H,3-20H2,1-2H3. The average Bonchev–Trinajstić information content (AvgIpc) is 2.52. The summed E-state index contributed by atoms with van der Waals surface area (Å²) in [5.74, 6) is 0. The monoisotopic (exact) mass is 382 g/mol. The third kappa shape index (κ3) is 17.5. The van der Waals surface area contributed by atoms with Crippen molar-refractivity contribution in [2.45, 2.75) is 117 Å². The van der Waals surface area contributed by atoms with Crippen LogP contribution in [0.1, 0.15) is 117 Å². The molecule has 0 spiro atoms. The van der Waals surface area contributed by atoms with E-state index < -0.39 is 6.41 Å². The van der Waals surface area contributed by atoms with Crippen LogP contribution in [0.25, 0.3) is 0 Å². The molecule has 0 amide bonds. The van der Waals surface area contributed by atoms with E-state index in [1.54, 1.807) is 0 Å². The van der Waals surface area contributed by atoms with Gasteiger partial charge in [0, 0.05) is 0 Å². The summed E-state index contributed by atoms with van der Waals surface area (Å²) in [4.78, 5) is 20.8. The number of unbranched alkanes of at least 4 members (excludes halogenated alkanes) is 14. The fourth-order valence-corrected chi connectivity index (χ4v) is 5.87. The van der Waals surface area contributed by atoms with Crippen LogP contribution >= 0.6 is 17.7 Å². The topological polar surface area (TPSA) is 40.5 Å². The summed E-state index contributed by atoms with van der Waals surface area (Å²) in [7, 11) is 0. The maximum atomic E-state index is 10.4. The number of hydrogen-bond acceptors (Lipinski definition) is 2. The first kappa shape index (κ1) is 24.6. The summed E-state index contributed by atoms with van der Waals surface area (Å²) >= 11 is 6.20. The Balaban J connectivity index is 3.56. The van der Waals surface area contributed by atoms with Gasteiger partial charge in [-0.3, -0.25) is 0 Å². The second-order valence-corrected chi connectivity index (χ2v) is 13.4. The zero-order chi connectivity index (χ0) is 18.2. The summed E-state index contributed by atoms with van der Waals surface area (Å²) in [6.45, 7) is 4.47. The van der Waals surface area contributed by atoms with Crippen molar-refractivity contribution >= 4 is 17.7 Å². The van der Waals surface area contributed by atoms with E-state index in [1.807, 2.05) is 0 Å². The fraction of sp³-hybridized carbons (Fsp3) is 1.00. The number of rotatable bonds is 18. The third-order valence-electron chi connectivity index (χ3n) is 4.91. The van der Waals surface area contributed by atoms with Crippen LogP contribution in [0.4, 0.5) is 0 Å². The number of hydrogen-bond donors (Lipinski definition) is 2. The Morgan fingerprint density at radius 3 is 1.04 bits per heavy atom. The summed E-state index contributed by atoms with van der Waals surface area (Å²) in [5, 5.41) is 0. The molecule has 0 rings (SSSR count). The molecule has 0 saturated heterocycles. The van der Waals surface area contributed by atoms with E-state index in [0.717, 1.165) is 25.7 Å². The van der Waals surface area contributed by atoms with Crippen LogP contribution in [0, 0.1) is 0 Å². The molecule has 0 aliphatic heterocycles. The second kappa shape index (κ2) is 14.8. The summed E-state index contributed by atoms with van der Waals surface area (Å²) < 4.78 is 0. The molecule has 0 unspecified atom stereocenters. The predicted octanol–water partition coefficient (Wildman–Crippen LogP) is 7.79. The van der Waals surface area contributed by atoms with Crippen LogP contribution in [0.2, 0.25) is 0 Å². The molecule has 0 aromatic rings. The Labute approximate surface area is 156 Å². The molecule has 0 aromatic carbocycles. The molecule has 0 aliphatic carbocycles. The molecule has 0 saturated carbocycles. The molecule has 2 nitrogen and oxygen atoms in total. The molecule has 0 heterocycles. The van der Waals surface area contributed by atoms with Crippen LogP contribution < -0.4 is 0 Å². The van der Waals surface area contributed by atoms with E-state index in [0.29, 0.717) is 12.3 Å². The molecule has 24 heavy (non-hydrogen) atoms. The van der Waals surface area contributed by atoms with Crippen LogP contribution in [0.15, 0.2) is 0 Å². The normalized spacial score (nSPS) is 13.8. The van der Waals surface area contributed by atoms with E-state index in [2.05, 4.69) is 13.8 Å². The van der Waals surface area contributed by atoms with E-state index in [9.17, 15) is 9.79 Å². The minimum absolute atomic E-state index is 0.415. The van der Waals surface area contributed by atoms with Gasteiger partial charge in [0.1, 0.15) is 0 Å². The Hall–Kier alpha value is 0.640. The maximum absolute atomic E-state index is 10.4. The Morgan fingerprint density at radius 1 is 0.500 bits per heavy atom. The molecule has 0 aliphatic rings. The van der Waals surface area contributed by atoms with Crippen molar-refractivity contribution < 1.29 is 9.79 Å². The Morgan fingerprint density at radius 2 is 0.750 bits per heavy atom.